The van der Waals surface area contributed by atoms with Crippen LogP contribution in [0, 0.1) is 5.92 Å². The topological polar surface area (TPSA) is 59.1 Å². The number of hydrogen-bond donors (Lipinski definition) is 0. The van der Waals surface area contributed by atoms with Gasteiger partial charge in [0.05, 0.1) is 24.6 Å². The van der Waals surface area contributed by atoms with Crippen LogP contribution >= 0.6 is 0 Å². The Morgan fingerprint density at radius 1 is 1.29 bits per heavy atom. The largest absolute Gasteiger partial charge is 0.378 e. The monoisotopic (exact) mass is 320 g/mol. The van der Waals surface area contributed by atoms with Crippen LogP contribution in [0.15, 0.2) is 0 Å². The Balaban J connectivity index is 1.91. The van der Waals surface area contributed by atoms with E-state index in [1.807, 2.05) is 14.0 Å². The van der Waals surface area contributed by atoms with Gasteiger partial charge in [0, 0.05) is 32.8 Å². The van der Waals surface area contributed by atoms with Gasteiger partial charge in [-0.15, -0.1) is 0 Å². The lowest BCUT2D eigenvalue weighted by Crippen LogP contribution is -2.50. The third kappa shape index (κ3) is 4.63. The molecule has 0 amide bonds. The van der Waals surface area contributed by atoms with E-state index >= 15 is 0 Å². The maximum Gasteiger partial charge on any atom is 0.216 e. The van der Waals surface area contributed by atoms with Gasteiger partial charge in [0.2, 0.25) is 10.0 Å². The quantitative estimate of drug-likeness (QED) is 0.734. The summed E-state index contributed by atoms with van der Waals surface area (Å²) in [7, 11) is -1.25. The summed E-state index contributed by atoms with van der Waals surface area (Å²) >= 11 is 0. The van der Waals surface area contributed by atoms with E-state index in [1.165, 1.54) is 0 Å². The van der Waals surface area contributed by atoms with E-state index in [0.717, 1.165) is 13.0 Å². The molecular weight excluding hydrogens is 292 g/mol. The number of sulfonamides is 1. The van der Waals surface area contributed by atoms with Crippen molar-refractivity contribution in [1.29, 1.82) is 0 Å². The van der Waals surface area contributed by atoms with Crippen molar-refractivity contribution < 1.29 is 17.9 Å². The molecule has 2 aliphatic heterocycles. The van der Waals surface area contributed by atoms with E-state index in [9.17, 15) is 8.42 Å². The van der Waals surface area contributed by atoms with E-state index in [1.54, 1.807) is 4.31 Å². The van der Waals surface area contributed by atoms with Crippen LogP contribution in [0.1, 0.15) is 20.3 Å². The molecule has 2 heterocycles. The van der Waals surface area contributed by atoms with E-state index in [-0.39, 0.29) is 23.9 Å². The summed E-state index contributed by atoms with van der Waals surface area (Å²) in [6.45, 7) is 8.00. The van der Waals surface area contributed by atoms with Crippen LogP contribution in [-0.2, 0) is 19.5 Å². The van der Waals surface area contributed by atoms with Crippen molar-refractivity contribution in [2.24, 2.45) is 5.92 Å². The Kier molecular flexibility index (Phi) is 6.02. The summed E-state index contributed by atoms with van der Waals surface area (Å²) in [6, 6.07) is 0. The minimum atomic E-state index is -3.25. The van der Waals surface area contributed by atoms with Gasteiger partial charge < -0.3 is 14.4 Å². The molecule has 0 spiro atoms. The number of hydrogen-bond acceptors (Lipinski definition) is 5. The highest BCUT2D eigenvalue weighted by atomic mass is 32.2. The van der Waals surface area contributed by atoms with E-state index in [2.05, 4.69) is 11.8 Å². The number of ether oxygens (including phenoxy) is 2. The third-order valence-corrected chi connectivity index (χ3v) is 6.21. The summed E-state index contributed by atoms with van der Waals surface area (Å²) in [4.78, 5) is 2.12. The van der Waals surface area contributed by atoms with Gasteiger partial charge >= 0.3 is 0 Å². The van der Waals surface area contributed by atoms with Crippen molar-refractivity contribution in [3.8, 4) is 0 Å². The lowest BCUT2D eigenvalue weighted by Gasteiger charge is -2.37. The van der Waals surface area contributed by atoms with E-state index < -0.39 is 10.0 Å². The standard InChI is InChI=1S/C14H28N2O4S/c1-4-19-14-5-6-16(9-12(14)2)21(17,18)11-13-10-15(3)7-8-20-13/h12-14H,4-11H2,1-3H3. The van der Waals surface area contributed by atoms with Gasteiger partial charge in [-0.3, -0.25) is 0 Å². The van der Waals surface area contributed by atoms with Crippen LogP contribution in [0.5, 0.6) is 0 Å². The second-order valence-corrected chi connectivity index (χ2v) is 8.16. The van der Waals surface area contributed by atoms with Crippen molar-refractivity contribution in [3.63, 3.8) is 0 Å². The fourth-order valence-corrected chi connectivity index (χ4v) is 4.84. The maximum atomic E-state index is 12.6. The van der Waals surface area contributed by atoms with E-state index in [0.29, 0.717) is 32.8 Å². The maximum absolute atomic E-state index is 12.6. The molecular formula is C14H28N2O4S. The number of likely N-dealkylation sites (N-methyl/N-ethyl adjacent to an activating group) is 1. The predicted octanol–water partition coefficient (Wildman–Crippen LogP) is 0.394. The molecule has 0 N–H and O–H groups in total. The molecule has 0 radical (unpaired) electrons. The average Bonchev–Trinajstić information content (AvgIpc) is 2.40. The van der Waals surface area contributed by atoms with Gasteiger partial charge in [-0.05, 0) is 26.3 Å². The zero-order valence-corrected chi connectivity index (χ0v) is 14.1. The summed E-state index contributed by atoms with van der Waals surface area (Å²) in [5.74, 6) is 0.326. The fraction of sp³-hybridized carbons (Fsp3) is 1.00. The summed E-state index contributed by atoms with van der Waals surface area (Å²) in [6.07, 6.45) is 0.742. The van der Waals surface area contributed by atoms with Gasteiger partial charge in [-0.25, -0.2) is 12.7 Å². The first-order chi connectivity index (χ1) is 9.92. The summed E-state index contributed by atoms with van der Waals surface area (Å²) in [5.41, 5.74) is 0. The molecule has 0 aliphatic carbocycles. The SMILES string of the molecule is CCOC1CCN(S(=O)(=O)CC2CN(C)CCO2)CC1C. The molecule has 0 aromatic heterocycles. The normalized spacial score (nSPS) is 33.2. The highest BCUT2D eigenvalue weighted by molar-refractivity contribution is 7.89. The molecule has 2 rings (SSSR count). The zero-order valence-electron chi connectivity index (χ0n) is 13.3. The highest BCUT2D eigenvalue weighted by Gasteiger charge is 2.35. The molecule has 0 bridgehead atoms. The first kappa shape index (κ1) is 17.1. The molecule has 124 valence electrons. The van der Waals surface area contributed by atoms with Crippen molar-refractivity contribution >= 4 is 10.0 Å². The van der Waals surface area contributed by atoms with Gasteiger partial charge in [-0.1, -0.05) is 6.92 Å². The first-order valence-corrected chi connectivity index (χ1v) is 9.43. The number of morpholine rings is 1. The third-order valence-electron chi connectivity index (χ3n) is 4.30. The Morgan fingerprint density at radius 2 is 2.05 bits per heavy atom. The number of piperidine rings is 1. The number of nitrogens with zero attached hydrogens (tertiary/aromatic N) is 2. The minimum absolute atomic E-state index is 0.0867. The molecule has 2 aliphatic rings. The molecule has 6 nitrogen and oxygen atoms in total. The molecule has 7 heteroatoms. The molecule has 0 aromatic carbocycles. The molecule has 0 aromatic rings. The van der Waals surface area contributed by atoms with Gasteiger partial charge in [0.25, 0.3) is 0 Å². The van der Waals surface area contributed by atoms with Crippen molar-refractivity contribution in [2.45, 2.75) is 32.5 Å². The van der Waals surface area contributed by atoms with Crippen LogP contribution in [-0.4, -0.2) is 82.0 Å². The average molecular weight is 320 g/mol. The lowest BCUT2D eigenvalue weighted by molar-refractivity contribution is -0.0118. The molecule has 21 heavy (non-hydrogen) atoms. The van der Waals surface area contributed by atoms with Gasteiger partial charge in [-0.2, -0.15) is 0 Å². The first-order valence-electron chi connectivity index (χ1n) is 7.82. The van der Waals surface area contributed by atoms with Gasteiger partial charge in [0.1, 0.15) is 0 Å². The van der Waals surface area contributed by atoms with Crippen molar-refractivity contribution in [2.75, 3.05) is 52.2 Å². The second-order valence-electron chi connectivity index (χ2n) is 6.15. The minimum Gasteiger partial charge on any atom is -0.378 e. The van der Waals surface area contributed by atoms with E-state index in [4.69, 9.17) is 9.47 Å². The number of rotatable bonds is 5. The molecule has 2 fully saturated rings. The van der Waals surface area contributed by atoms with Gasteiger partial charge in [0.15, 0.2) is 0 Å². The molecule has 2 saturated heterocycles. The predicted molar refractivity (Wildman–Crippen MR) is 81.8 cm³/mol. The smallest absolute Gasteiger partial charge is 0.216 e. The zero-order chi connectivity index (χ0) is 15.5. The molecule has 3 atom stereocenters. The Bertz CT molecular complexity index is 429. The van der Waals surface area contributed by atoms with Crippen LogP contribution in [0.4, 0.5) is 0 Å². The van der Waals surface area contributed by atoms with Crippen molar-refractivity contribution in [3.05, 3.63) is 0 Å². The molecule has 3 unspecified atom stereocenters. The Morgan fingerprint density at radius 3 is 2.67 bits per heavy atom. The van der Waals surface area contributed by atoms with Crippen LogP contribution in [0.3, 0.4) is 0 Å². The fourth-order valence-electron chi connectivity index (χ4n) is 3.11. The Hall–Kier alpha value is -0.210. The summed E-state index contributed by atoms with van der Waals surface area (Å²) < 4.78 is 38.0. The highest BCUT2D eigenvalue weighted by Crippen LogP contribution is 2.23. The second kappa shape index (κ2) is 7.37. The lowest BCUT2D eigenvalue weighted by atomic mass is 9.98. The van der Waals surface area contributed by atoms with Crippen LogP contribution in [0.2, 0.25) is 0 Å². The Labute approximate surface area is 128 Å². The van der Waals surface area contributed by atoms with Crippen molar-refractivity contribution in [1.82, 2.24) is 9.21 Å². The summed E-state index contributed by atoms with van der Waals surface area (Å²) in [5, 5.41) is 0. The molecule has 0 saturated carbocycles. The van der Waals surface area contributed by atoms with Crippen LogP contribution in [0.25, 0.3) is 0 Å². The van der Waals surface area contributed by atoms with Crippen LogP contribution < -0.4 is 0 Å².